The summed E-state index contributed by atoms with van der Waals surface area (Å²) >= 11 is 1.40. The Balaban J connectivity index is 1.54. The Kier molecular flexibility index (Phi) is 9.49. The Bertz CT molecular complexity index is 1820. The summed E-state index contributed by atoms with van der Waals surface area (Å²) in [5.74, 6) is -0.424. The zero-order valence-corrected chi connectivity index (χ0v) is 25.2. The highest BCUT2D eigenvalue weighted by molar-refractivity contribution is 7.85. The van der Waals surface area contributed by atoms with Gasteiger partial charge in [-0.25, -0.2) is 9.78 Å². The molecule has 5 rings (SSSR count). The molecule has 0 spiro atoms. The van der Waals surface area contributed by atoms with Crippen molar-refractivity contribution < 1.29 is 32.0 Å². The van der Waals surface area contributed by atoms with Gasteiger partial charge in [0.25, 0.3) is 10.1 Å². The van der Waals surface area contributed by atoms with Gasteiger partial charge in [-0.1, -0.05) is 30.3 Å². The minimum atomic E-state index is -4.35. The molecule has 0 unspecified atom stereocenters. The molecule has 9 nitrogen and oxygen atoms in total. The van der Waals surface area contributed by atoms with Gasteiger partial charge in [-0.05, 0) is 71.3 Å². The zero-order valence-electron chi connectivity index (χ0n) is 23.6. The number of anilines is 1. The fourth-order valence-electron chi connectivity index (χ4n) is 4.61. The van der Waals surface area contributed by atoms with Gasteiger partial charge >= 0.3 is 5.97 Å². The Morgan fingerprint density at radius 3 is 2.51 bits per heavy atom. The minimum Gasteiger partial charge on any atom is -0.465 e. The van der Waals surface area contributed by atoms with Gasteiger partial charge in [0.15, 0.2) is 0 Å². The van der Waals surface area contributed by atoms with Crippen LogP contribution in [-0.4, -0.2) is 64.5 Å². The van der Waals surface area contributed by atoms with Crippen LogP contribution in [0.3, 0.4) is 0 Å². The third-order valence-electron chi connectivity index (χ3n) is 6.77. The number of fused-ring (bicyclic) bond motifs is 2. The molecule has 222 valence electrons. The van der Waals surface area contributed by atoms with E-state index in [-0.39, 0.29) is 4.90 Å². The van der Waals surface area contributed by atoms with Gasteiger partial charge < -0.3 is 19.1 Å². The van der Waals surface area contributed by atoms with Crippen molar-refractivity contribution in [1.82, 2.24) is 4.98 Å². The molecule has 0 bridgehead atoms. The van der Waals surface area contributed by atoms with Gasteiger partial charge in [0, 0.05) is 31.1 Å². The van der Waals surface area contributed by atoms with Crippen molar-refractivity contribution in [2.75, 3.05) is 45.5 Å². The average molecular weight is 619 g/mol. The lowest BCUT2D eigenvalue weighted by Crippen LogP contribution is -2.25. The molecule has 3 aromatic carbocycles. The number of methoxy groups -OCH3 is 2. The molecule has 0 aliphatic carbocycles. The highest BCUT2D eigenvalue weighted by Crippen LogP contribution is 2.36. The second-order valence-electron chi connectivity index (χ2n) is 9.56. The molecule has 2 heterocycles. The first-order chi connectivity index (χ1) is 20.8. The van der Waals surface area contributed by atoms with E-state index in [1.807, 2.05) is 42.6 Å². The molecule has 0 saturated carbocycles. The SMILES string of the molecule is COCCOCCN1C=C/C(=C\C(=C\c2nc3cc(S(=O)(=O)O)ccc3s2)c2ccc(C(=O)OC)cc2)c2ccccc21. The predicted octanol–water partition coefficient (Wildman–Crippen LogP) is 5.95. The van der Waals surface area contributed by atoms with E-state index in [1.165, 1.54) is 30.6 Å². The average Bonchev–Trinajstić information content (AvgIpc) is 3.42. The lowest BCUT2D eigenvalue weighted by atomic mass is 9.95. The van der Waals surface area contributed by atoms with Crippen molar-refractivity contribution >= 4 is 60.6 Å². The quantitative estimate of drug-likeness (QED) is 0.124. The van der Waals surface area contributed by atoms with Crippen LogP contribution in [-0.2, 0) is 24.3 Å². The number of hydrogen-bond donors (Lipinski definition) is 1. The van der Waals surface area contributed by atoms with E-state index >= 15 is 0 Å². The first-order valence-electron chi connectivity index (χ1n) is 13.4. The van der Waals surface area contributed by atoms with Crippen molar-refractivity contribution in [3.05, 3.63) is 107 Å². The molecule has 0 radical (unpaired) electrons. The van der Waals surface area contributed by atoms with Crippen LogP contribution in [0.2, 0.25) is 0 Å². The molecular weight excluding hydrogens is 588 g/mol. The smallest absolute Gasteiger partial charge is 0.337 e. The molecule has 0 fully saturated rings. The Morgan fingerprint density at radius 1 is 1.00 bits per heavy atom. The van der Waals surface area contributed by atoms with Crippen molar-refractivity contribution in [2.45, 2.75) is 4.90 Å². The normalized spacial score (nSPS) is 14.3. The number of carbonyl (C=O) groups excluding carboxylic acids is 1. The number of nitrogens with zero attached hydrogens (tertiary/aromatic N) is 2. The van der Waals surface area contributed by atoms with Crippen LogP contribution in [0.5, 0.6) is 0 Å². The number of para-hydroxylation sites is 1. The monoisotopic (exact) mass is 618 g/mol. The molecule has 1 aromatic heterocycles. The maximum Gasteiger partial charge on any atom is 0.337 e. The van der Waals surface area contributed by atoms with Crippen LogP contribution in [0.15, 0.2) is 90.0 Å². The molecule has 0 saturated heterocycles. The fraction of sp³-hybridized carbons (Fsp3) is 0.188. The van der Waals surface area contributed by atoms with Gasteiger partial charge in [0.05, 0.1) is 47.6 Å². The second-order valence-corrected chi connectivity index (χ2v) is 12.0. The number of thiazole rings is 1. The Labute approximate surface area is 254 Å². The van der Waals surface area contributed by atoms with Crippen molar-refractivity contribution in [2.24, 2.45) is 0 Å². The van der Waals surface area contributed by atoms with Crippen molar-refractivity contribution in [3.8, 4) is 0 Å². The maximum absolute atomic E-state index is 12.0. The standard InChI is InChI=1S/C32H30N2O7S2/c1-39-17-18-41-16-15-34-14-13-24(27-5-3-4-6-29(27)34)19-25(22-7-9-23(10-8-22)32(35)40-2)20-31-33-28-21-26(43(36,37)38)11-12-30(28)42-31/h3-14,19-21H,15-18H2,1-2H3,(H,36,37,38)/b24-19+,25-20-. The number of aromatic nitrogens is 1. The first kappa shape index (κ1) is 30.3. The number of hydrogen-bond acceptors (Lipinski definition) is 9. The van der Waals surface area contributed by atoms with E-state index in [2.05, 4.69) is 28.1 Å². The highest BCUT2D eigenvalue weighted by Gasteiger charge is 2.17. The number of esters is 1. The number of allylic oxidation sites excluding steroid dienone is 4. The van der Waals surface area contributed by atoms with Gasteiger partial charge in [-0.3, -0.25) is 4.55 Å². The van der Waals surface area contributed by atoms with E-state index in [0.29, 0.717) is 42.5 Å². The van der Waals surface area contributed by atoms with Crippen molar-refractivity contribution in [1.29, 1.82) is 0 Å². The van der Waals surface area contributed by atoms with Crippen LogP contribution in [0.25, 0.3) is 27.4 Å². The molecule has 0 atom stereocenters. The van der Waals surface area contributed by atoms with Crippen LogP contribution in [0.4, 0.5) is 5.69 Å². The fourth-order valence-corrected chi connectivity index (χ4v) is 6.01. The lowest BCUT2D eigenvalue weighted by Gasteiger charge is -2.28. The first-order valence-corrected chi connectivity index (χ1v) is 15.6. The number of ether oxygens (including phenoxy) is 3. The lowest BCUT2D eigenvalue weighted by molar-refractivity contribution is 0.0600. The molecule has 0 amide bonds. The van der Waals surface area contributed by atoms with Crippen LogP contribution in [0, 0.1) is 0 Å². The molecule has 43 heavy (non-hydrogen) atoms. The Morgan fingerprint density at radius 2 is 1.77 bits per heavy atom. The topological polar surface area (TPSA) is 115 Å². The summed E-state index contributed by atoms with van der Waals surface area (Å²) in [6, 6.07) is 19.6. The summed E-state index contributed by atoms with van der Waals surface area (Å²) in [6.45, 7) is 2.31. The third-order valence-corrected chi connectivity index (χ3v) is 8.60. The largest absolute Gasteiger partial charge is 0.465 e. The molecule has 1 aliphatic rings. The summed E-state index contributed by atoms with van der Waals surface area (Å²) in [5, 5.41) is 0.647. The number of benzene rings is 3. The van der Waals surface area contributed by atoms with Crippen LogP contribution >= 0.6 is 11.3 Å². The van der Waals surface area contributed by atoms with E-state index in [4.69, 9.17) is 14.2 Å². The van der Waals surface area contributed by atoms with Crippen molar-refractivity contribution in [3.63, 3.8) is 0 Å². The van der Waals surface area contributed by atoms with Gasteiger partial charge in [0.1, 0.15) is 5.01 Å². The summed E-state index contributed by atoms with van der Waals surface area (Å²) in [7, 11) is -1.36. The van der Waals surface area contributed by atoms with E-state index in [0.717, 1.165) is 32.7 Å². The maximum atomic E-state index is 12.0. The molecule has 1 N–H and O–H groups in total. The van der Waals surface area contributed by atoms with Crippen LogP contribution < -0.4 is 4.90 Å². The predicted molar refractivity (Wildman–Crippen MR) is 169 cm³/mol. The van der Waals surface area contributed by atoms with Gasteiger partial charge in [0.2, 0.25) is 0 Å². The number of carbonyl (C=O) groups is 1. The molecular formula is C32H30N2O7S2. The molecule has 4 aromatic rings. The summed E-state index contributed by atoms with van der Waals surface area (Å²) in [6.07, 6.45) is 8.06. The third kappa shape index (κ3) is 7.27. The summed E-state index contributed by atoms with van der Waals surface area (Å²) in [4.78, 5) is 18.6. The zero-order chi connectivity index (χ0) is 30.4. The van der Waals surface area contributed by atoms with Gasteiger partial charge in [-0.15, -0.1) is 11.3 Å². The summed E-state index contributed by atoms with van der Waals surface area (Å²) in [5.41, 5.74) is 5.64. The Hall–Kier alpha value is -4.13. The van der Waals surface area contributed by atoms with E-state index < -0.39 is 16.1 Å². The van der Waals surface area contributed by atoms with Crippen LogP contribution in [0.1, 0.15) is 26.5 Å². The highest BCUT2D eigenvalue weighted by atomic mass is 32.2. The van der Waals surface area contributed by atoms with Gasteiger partial charge in [-0.2, -0.15) is 8.42 Å². The second kappa shape index (κ2) is 13.4. The molecule has 11 heteroatoms. The molecule has 1 aliphatic heterocycles. The van der Waals surface area contributed by atoms with E-state index in [1.54, 1.807) is 25.3 Å². The summed E-state index contributed by atoms with van der Waals surface area (Å²) < 4.78 is 49.1. The minimum absolute atomic E-state index is 0.209. The van der Waals surface area contributed by atoms with E-state index in [9.17, 15) is 17.8 Å². The number of rotatable bonds is 11.